The number of aryl methyl sites for hydroxylation is 1. The molecular formula is C18H15ClFN5S. The standard InChI is InChI=1S/C18H15ClFN5S/c1-10-4-6-12(9-23-10)25-17(26)24(16(22)18(25,2)3)13-7-5-11(8-21)14(19)15(13)20/h4-7,9,22H,1-3H3. The average Bonchev–Trinajstić information content (AvgIpc) is 2.77. The number of nitrogens with one attached hydrogen (secondary N) is 1. The number of hydrogen-bond donors (Lipinski definition) is 1. The van der Waals surface area contributed by atoms with Gasteiger partial charge in [0.1, 0.15) is 11.9 Å². The first-order valence-corrected chi connectivity index (χ1v) is 8.53. The monoisotopic (exact) mass is 387 g/mol. The number of nitriles is 1. The lowest BCUT2D eigenvalue weighted by Gasteiger charge is -2.30. The van der Waals surface area contributed by atoms with Gasteiger partial charge in [0.05, 0.1) is 33.7 Å². The Labute approximate surface area is 161 Å². The summed E-state index contributed by atoms with van der Waals surface area (Å²) in [6.07, 6.45) is 1.67. The van der Waals surface area contributed by atoms with E-state index in [2.05, 4.69) is 4.98 Å². The third-order valence-corrected chi connectivity index (χ3v) is 5.06. The van der Waals surface area contributed by atoms with Crippen LogP contribution in [0.15, 0.2) is 30.5 Å². The molecule has 0 saturated carbocycles. The number of nitrogens with zero attached hydrogens (tertiary/aromatic N) is 4. The molecule has 0 unspecified atom stereocenters. The zero-order valence-corrected chi connectivity index (χ0v) is 15.9. The fourth-order valence-corrected chi connectivity index (χ4v) is 3.59. The van der Waals surface area contributed by atoms with Crippen LogP contribution < -0.4 is 9.80 Å². The number of benzene rings is 1. The summed E-state index contributed by atoms with van der Waals surface area (Å²) < 4.78 is 14.8. The zero-order chi connectivity index (χ0) is 19.2. The Morgan fingerprint density at radius 2 is 2.00 bits per heavy atom. The van der Waals surface area contributed by atoms with Gasteiger partial charge in [-0.05, 0) is 57.3 Å². The van der Waals surface area contributed by atoms with Crippen LogP contribution in [-0.2, 0) is 0 Å². The molecule has 1 N–H and O–H groups in total. The topological polar surface area (TPSA) is 67.0 Å². The molecule has 132 valence electrons. The van der Waals surface area contributed by atoms with Crippen molar-refractivity contribution in [3.05, 3.63) is 52.6 Å². The molecule has 1 aliphatic rings. The van der Waals surface area contributed by atoms with E-state index in [0.29, 0.717) is 5.69 Å². The summed E-state index contributed by atoms with van der Waals surface area (Å²) in [7, 11) is 0. The lowest BCUT2D eigenvalue weighted by Crippen LogP contribution is -2.44. The van der Waals surface area contributed by atoms with Crippen LogP contribution in [0.4, 0.5) is 15.8 Å². The van der Waals surface area contributed by atoms with E-state index in [1.54, 1.807) is 11.1 Å². The highest BCUT2D eigenvalue weighted by molar-refractivity contribution is 7.81. The molecule has 1 fully saturated rings. The van der Waals surface area contributed by atoms with Gasteiger partial charge in [0.15, 0.2) is 10.9 Å². The number of hydrogen-bond acceptors (Lipinski definition) is 4. The van der Waals surface area contributed by atoms with Crippen molar-refractivity contribution in [3.8, 4) is 6.07 Å². The Bertz CT molecular complexity index is 965. The van der Waals surface area contributed by atoms with Gasteiger partial charge in [-0.2, -0.15) is 5.26 Å². The third-order valence-electron chi connectivity index (χ3n) is 4.32. The van der Waals surface area contributed by atoms with Gasteiger partial charge in [0, 0.05) is 5.69 Å². The van der Waals surface area contributed by atoms with Crippen molar-refractivity contribution in [1.82, 2.24) is 4.98 Å². The Hall–Kier alpha value is -2.56. The van der Waals surface area contributed by atoms with Crippen molar-refractivity contribution >= 4 is 46.1 Å². The van der Waals surface area contributed by atoms with Crippen LogP contribution in [0.5, 0.6) is 0 Å². The molecule has 0 amide bonds. The molecule has 0 radical (unpaired) electrons. The molecule has 2 heterocycles. The van der Waals surface area contributed by atoms with Crippen LogP contribution in [0.2, 0.25) is 5.02 Å². The van der Waals surface area contributed by atoms with Crippen molar-refractivity contribution in [2.45, 2.75) is 26.3 Å². The highest BCUT2D eigenvalue weighted by Crippen LogP contribution is 2.38. The summed E-state index contributed by atoms with van der Waals surface area (Å²) >= 11 is 11.5. The zero-order valence-electron chi connectivity index (χ0n) is 14.3. The second-order valence-corrected chi connectivity index (χ2v) is 7.13. The quantitative estimate of drug-likeness (QED) is 0.772. The predicted octanol–water partition coefficient (Wildman–Crippen LogP) is 4.42. The van der Waals surface area contributed by atoms with Crippen LogP contribution in [0.3, 0.4) is 0 Å². The smallest absolute Gasteiger partial charge is 0.187 e. The van der Waals surface area contributed by atoms with E-state index in [1.165, 1.54) is 17.0 Å². The normalized spacial score (nSPS) is 16.2. The summed E-state index contributed by atoms with van der Waals surface area (Å²) in [4.78, 5) is 7.36. The van der Waals surface area contributed by atoms with Crippen molar-refractivity contribution in [2.24, 2.45) is 0 Å². The largest absolute Gasteiger partial charge is 0.304 e. The summed E-state index contributed by atoms with van der Waals surface area (Å²) in [6, 6.07) is 8.37. The van der Waals surface area contributed by atoms with Crippen LogP contribution in [0, 0.1) is 29.5 Å². The first-order chi connectivity index (χ1) is 12.2. The number of rotatable bonds is 2. The van der Waals surface area contributed by atoms with Crippen LogP contribution in [-0.4, -0.2) is 21.5 Å². The first kappa shape index (κ1) is 18.2. The molecule has 1 aliphatic heterocycles. The van der Waals surface area contributed by atoms with Gasteiger partial charge in [0.2, 0.25) is 0 Å². The Kier molecular flexibility index (Phi) is 4.42. The molecule has 2 aromatic rings. The van der Waals surface area contributed by atoms with E-state index in [4.69, 9.17) is 34.5 Å². The summed E-state index contributed by atoms with van der Waals surface area (Å²) in [5, 5.41) is 17.5. The second-order valence-electron chi connectivity index (χ2n) is 6.39. The van der Waals surface area contributed by atoms with E-state index in [0.717, 1.165) is 5.69 Å². The molecule has 8 heteroatoms. The maximum atomic E-state index is 14.8. The van der Waals surface area contributed by atoms with E-state index < -0.39 is 11.4 Å². The molecule has 1 aromatic heterocycles. The second kappa shape index (κ2) is 6.31. The fraction of sp³-hybridized carbons (Fsp3) is 0.222. The fourth-order valence-electron chi connectivity index (χ4n) is 2.86. The number of pyridine rings is 1. The van der Waals surface area contributed by atoms with Crippen molar-refractivity contribution in [1.29, 1.82) is 10.7 Å². The minimum absolute atomic E-state index is 0.0309. The van der Waals surface area contributed by atoms with Gasteiger partial charge in [-0.1, -0.05) is 11.6 Å². The number of amidine groups is 1. The lowest BCUT2D eigenvalue weighted by molar-refractivity contribution is 0.629. The van der Waals surface area contributed by atoms with Gasteiger partial charge < -0.3 is 4.90 Å². The van der Waals surface area contributed by atoms with E-state index in [1.807, 2.05) is 39.0 Å². The third kappa shape index (κ3) is 2.62. The Balaban J connectivity index is 2.13. The highest BCUT2D eigenvalue weighted by atomic mass is 35.5. The summed E-state index contributed by atoms with van der Waals surface area (Å²) in [5.41, 5.74) is 0.815. The van der Waals surface area contributed by atoms with E-state index >= 15 is 0 Å². The number of anilines is 2. The van der Waals surface area contributed by atoms with Crippen LogP contribution in [0.1, 0.15) is 25.1 Å². The SMILES string of the molecule is Cc1ccc(N2C(=S)N(c3ccc(C#N)c(Cl)c3F)C(=N)C2(C)C)cn1. The molecule has 5 nitrogen and oxygen atoms in total. The molecule has 26 heavy (non-hydrogen) atoms. The number of aromatic nitrogens is 1. The average molecular weight is 388 g/mol. The molecular weight excluding hydrogens is 373 g/mol. The molecule has 1 aromatic carbocycles. The summed E-state index contributed by atoms with van der Waals surface area (Å²) in [6.45, 7) is 5.52. The van der Waals surface area contributed by atoms with E-state index in [-0.39, 0.29) is 27.2 Å². The highest BCUT2D eigenvalue weighted by Gasteiger charge is 2.48. The van der Waals surface area contributed by atoms with E-state index in [9.17, 15) is 4.39 Å². The Morgan fingerprint density at radius 1 is 1.31 bits per heavy atom. The maximum absolute atomic E-state index is 14.8. The van der Waals surface area contributed by atoms with Gasteiger partial charge in [-0.3, -0.25) is 15.3 Å². The molecule has 0 bridgehead atoms. The molecule has 1 saturated heterocycles. The Morgan fingerprint density at radius 3 is 2.58 bits per heavy atom. The van der Waals surface area contributed by atoms with Gasteiger partial charge in [-0.25, -0.2) is 4.39 Å². The molecule has 0 atom stereocenters. The van der Waals surface area contributed by atoms with Gasteiger partial charge >= 0.3 is 0 Å². The number of halogens is 2. The molecule has 3 rings (SSSR count). The minimum Gasteiger partial charge on any atom is -0.304 e. The summed E-state index contributed by atoms with van der Waals surface area (Å²) in [5.74, 6) is -0.680. The minimum atomic E-state index is -0.819. The van der Waals surface area contributed by atoms with Crippen molar-refractivity contribution in [2.75, 3.05) is 9.80 Å². The van der Waals surface area contributed by atoms with Crippen molar-refractivity contribution < 1.29 is 4.39 Å². The van der Waals surface area contributed by atoms with Gasteiger partial charge in [0.25, 0.3) is 0 Å². The lowest BCUT2D eigenvalue weighted by atomic mass is 10.0. The maximum Gasteiger partial charge on any atom is 0.187 e. The van der Waals surface area contributed by atoms with Crippen LogP contribution in [0.25, 0.3) is 0 Å². The predicted molar refractivity (Wildman–Crippen MR) is 104 cm³/mol. The van der Waals surface area contributed by atoms with Crippen LogP contribution >= 0.6 is 23.8 Å². The molecule has 0 spiro atoms. The van der Waals surface area contributed by atoms with Crippen molar-refractivity contribution in [3.63, 3.8) is 0 Å². The first-order valence-electron chi connectivity index (χ1n) is 7.74. The molecule has 0 aliphatic carbocycles. The number of thiocarbonyl (C=S) groups is 1. The van der Waals surface area contributed by atoms with Gasteiger partial charge in [-0.15, -0.1) is 0 Å².